The molecule has 146 valence electrons. The number of hydrogen-bond acceptors (Lipinski definition) is 3. The summed E-state index contributed by atoms with van der Waals surface area (Å²) in [5.41, 5.74) is 3.05. The summed E-state index contributed by atoms with van der Waals surface area (Å²) < 4.78 is 0. The van der Waals surface area contributed by atoms with Crippen LogP contribution in [0.25, 0.3) is 10.9 Å². The van der Waals surface area contributed by atoms with Gasteiger partial charge >= 0.3 is 0 Å². The molecule has 2 aromatic carbocycles. The SMILES string of the molecule is O=C(Cc1[nH]nc2ccccc12)NCC(c1ccccc1)N1CCCCCC1. The van der Waals surface area contributed by atoms with Crippen LogP contribution in [-0.4, -0.2) is 40.6 Å². The van der Waals surface area contributed by atoms with Crippen LogP contribution in [0.15, 0.2) is 54.6 Å². The molecule has 2 heterocycles. The van der Waals surface area contributed by atoms with E-state index in [0.29, 0.717) is 13.0 Å². The number of nitrogens with one attached hydrogen (secondary N) is 2. The summed E-state index contributed by atoms with van der Waals surface area (Å²) in [5, 5.41) is 11.5. The Balaban J connectivity index is 1.43. The molecule has 1 atom stereocenters. The summed E-state index contributed by atoms with van der Waals surface area (Å²) in [6, 6.07) is 18.7. The molecule has 0 bridgehead atoms. The number of para-hydroxylation sites is 1. The highest BCUT2D eigenvalue weighted by Gasteiger charge is 2.22. The van der Waals surface area contributed by atoms with E-state index < -0.39 is 0 Å². The average molecular weight is 377 g/mol. The summed E-state index contributed by atoms with van der Waals surface area (Å²) in [5.74, 6) is 0.0326. The number of aromatic amines is 1. The van der Waals surface area contributed by atoms with Gasteiger partial charge in [0.15, 0.2) is 0 Å². The number of amides is 1. The van der Waals surface area contributed by atoms with Crippen LogP contribution in [0.3, 0.4) is 0 Å². The molecule has 5 nitrogen and oxygen atoms in total. The van der Waals surface area contributed by atoms with E-state index in [1.54, 1.807) is 0 Å². The van der Waals surface area contributed by atoms with Crippen molar-refractivity contribution >= 4 is 16.8 Å². The molecule has 2 N–H and O–H groups in total. The van der Waals surface area contributed by atoms with Crippen molar-refractivity contribution in [3.8, 4) is 0 Å². The lowest BCUT2D eigenvalue weighted by molar-refractivity contribution is -0.120. The second-order valence-electron chi connectivity index (χ2n) is 7.58. The van der Waals surface area contributed by atoms with E-state index in [1.165, 1.54) is 31.2 Å². The zero-order chi connectivity index (χ0) is 19.2. The number of likely N-dealkylation sites (tertiary alicyclic amines) is 1. The van der Waals surface area contributed by atoms with Gasteiger partial charge in [0.05, 0.1) is 23.7 Å². The van der Waals surface area contributed by atoms with E-state index in [-0.39, 0.29) is 11.9 Å². The normalized spacial score (nSPS) is 16.6. The maximum absolute atomic E-state index is 12.7. The Bertz CT molecular complexity index is 897. The van der Waals surface area contributed by atoms with Crippen LogP contribution >= 0.6 is 0 Å². The van der Waals surface area contributed by atoms with E-state index in [0.717, 1.165) is 29.7 Å². The van der Waals surface area contributed by atoms with Gasteiger partial charge in [0.25, 0.3) is 0 Å². The molecule has 1 amide bonds. The second kappa shape index (κ2) is 9.02. The molecule has 0 spiro atoms. The number of hydrogen-bond donors (Lipinski definition) is 2. The van der Waals surface area contributed by atoms with Gasteiger partial charge in [-0.25, -0.2) is 0 Å². The first kappa shape index (κ1) is 18.7. The largest absolute Gasteiger partial charge is 0.354 e. The fourth-order valence-corrected chi connectivity index (χ4v) is 4.12. The molecule has 4 rings (SSSR count). The Labute approximate surface area is 166 Å². The molecule has 1 aliphatic heterocycles. The van der Waals surface area contributed by atoms with Gasteiger partial charge in [-0.2, -0.15) is 5.10 Å². The Morgan fingerprint density at radius 3 is 2.50 bits per heavy atom. The van der Waals surface area contributed by atoms with Gasteiger partial charge in [-0.05, 0) is 37.6 Å². The summed E-state index contributed by atoms with van der Waals surface area (Å²) in [7, 11) is 0. The van der Waals surface area contributed by atoms with Gasteiger partial charge in [-0.1, -0.05) is 61.4 Å². The third kappa shape index (κ3) is 4.42. The zero-order valence-corrected chi connectivity index (χ0v) is 16.2. The van der Waals surface area contributed by atoms with Crippen molar-refractivity contribution in [1.29, 1.82) is 0 Å². The highest BCUT2D eigenvalue weighted by atomic mass is 16.1. The lowest BCUT2D eigenvalue weighted by atomic mass is 10.0. The molecule has 3 aromatic rings. The molecule has 28 heavy (non-hydrogen) atoms. The number of aromatic nitrogens is 2. The number of carbonyl (C=O) groups is 1. The van der Waals surface area contributed by atoms with Gasteiger partial charge in [0.2, 0.25) is 5.91 Å². The Morgan fingerprint density at radius 2 is 1.71 bits per heavy atom. The molecule has 1 unspecified atom stereocenters. The Morgan fingerprint density at radius 1 is 1.00 bits per heavy atom. The van der Waals surface area contributed by atoms with Gasteiger partial charge < -0.3 is 5.32 Å². The Hall–Kier alpha value is -2.66. The van der Waals surface area contributed by atoms with Crippen molar-refractivity contribution in [3.05, 3.63) is 65.9 Å². The minimum Gasteiger partial charge on any atom is -0.354 e. The van der Waals surface area contributed by atoms with Crippen LogP contribution in [0.5, 0.6) is 0 Å². The van der Waals surface area contributed by atoms with E-state index >= 15 is 0 Å². The summed E-state index contributed by atoms with van der Waals surface area (Å²) in [6.07, 6.45) is 5.39. The van der Waals surface area contributed by atoms with Crippen molar-refractivity contribution in [2.75, 3.05) is 19.6 Å². The first-order valence-corrected chi connectivity index (χ1v) is 10.3. The maximum atomic E-state index is 12.7. The van der Waals surface area contributed by atoms with Crippen molar-refractivity contribution in [2.45, 2.75) is 38.1 Å². The van der Waals surface area contributed by atoms with Gasteiger partial charge in [-0.15, -0.1) is 0 Å². The minimum absolute atomic E-state index is 0.0326. The van der Waals surface area contributed by atoms with Crippen molar-refractivity contribution in [3.63, 3.8) is 0 Å². The van der Waals surface area contributed by atoms with Crippen LogP contribution in [0.4, 0.5) is 0 Å². The molecular formula is C23H28N4O. The monoisotopic (exact) mass is 376 g/mol. The van der Waals surface area contributed by atoms with E-state index in [4.69, 9.17) is 0 Å². The van der Waals surface area contributed by atoms with Gasteiger partial charge in [0.1, 0.15) is 0 Å². The number of nitrogens with zero attached hydrogens (tertiary/aromatic N) is 2. The average Bonchev–Trinajstić information content (AvgIpc) is 2.94. The van der Waals surface area contributed by atoms with Crippen molar-refractivity contribution < 1.29 is 4.79 Å². The number of H-pyrrole nitrogens is 1. The lowest BCUT2D eigenvalue weighted by Gasteiger charge is -2.31. The number of benzene rings is 2. The highest BCUT2D eigenvalue weighted by molar-refractivity contribution is 5.87. The fraction of sp³-hybridized carbons (Fsp3) is 0.391. The quantitative estimate of drug-likeness (QED) is 0.687. The third-order valence-electron chi connectivity index (χ3n) is 5.64. The maximum Gasteiger partial charge on any atom is 0.226 e. The first-order valence-electron chi connectivity index (χ1n) is 10.3. The third-order valence-corrected chi connectivity index (χ3v) is 5.64. The second-order valence-corrected chi connectivity index (χ2v) is 7.58. The first-order chi connectivity index (χ1) is 13.8. The van der Waals surface area contributed by atoms with Gasteiger partial charge in [0, 0.05) is 11.9 Å². The van der Waals surface area contributed by atoms with Crippen LogP contribution in [0, 0.1) is 0 Å². The standard InChI is InChI=1S/C23H28N4O/c28-23(16-21-19-12-6-7-13-20(19)25-26-21)24-17-22(18-10-4-3-5-11-18)27-14-8-1-2-9-15-27/h3-7,10-13,22H,1-2,8-9,14-17H2,(H,24,28)(H,25,26). The smallest absolute Gasteiger partial charge is 0.226 e. The molecule has 5 heteroatoms. The lowest BCUT2D eigenvalue weighted by Crippen LogP contribution is -2.39. The number of carbonyl (C=O) groups excluding carboxylic acids is 1. The fourth-order valence-electron chi connectivity index (χ4n) is 4.12. The van der Waals surface area contributed by atoms with E-state index in [1.807, 2.05) is 30.3 Å². The molecular weight excluding hydrogens is 348 g/mol. The molecule has 1 saturated heterocycles. The molecule has 1 aromatic heterocycles. The molecule has 0 aliphatic carbocycles. The number of rotatable bonds is 6. The van der Waals surface area contributed by atoms with Gasteiger partial charge in [-0.3, -0.25) is 14.8 Å². The highest BCUT2D eigenvalue weighted by Crippen LogP contribution is 2.24. The molecule has 1 fully saturated rings. The zero-order valence-electron chi connectivity index (χ0n) is 16.2. The predicted molar refractivity (Wildman–Crippen MR) is 112 cm³/mol. The topological polar surface area (TPSA) is 61.0 Å². The Kier molecular flexibility index (Phi) is 6.02. The number of fused-ring (bicyclic) bond motifs is 1. The summed E-state index contributed by atoms with van der Waals surface area (Å²) in [4.78, 5) is 15.2. The molecule has 1 aliphatic rings. The van der Waals surface area contributed by atoms with Crippen LogP contribution in [-0.2, 0) is 11.2 Å². The van der Waals surface area contributed by atoms with Crippen molar-refractivity contribution in [2.24, 2.45) is 0 Å². The van der Waals surface area contributed by atoms with E-state index in [9.17, 15) is 4.79 Å². The van der Waals surface area contributed by atoms with E-state index in [2.05, 4.69) is 44.7 Å². The summed E-state index contributed by atoms with van der Waals surface area (Å²) >= 11 is 0. The summed E-state index contributed by atoms with van der Waals surface area (Å²) in [6.45, 7) is 2.83. The molecule has 0 saturated carbocycles. The van der Waals surface area contributed by atoms with Crippen LogP contribution < -0.4 is 5.32 Å². The minimum atomic E-state index is 0.0326. The van der Waals surface area contributed by atoms with Crippen LogP contribution in [0.2, 0.25) is 0 Å². The van der Waals surface area contributed by atoms with Crippen LogP contribution in [0.1, 0.15) is 43.0 Å². The van der Waals surface area contributed by atoms with Crippen molar-refractivity contribution in [1.82, 2.24) is 20.4 Å². The predicted octanol–water partition coefficient (Wildman–Crippen LogP) is 3.84. The molecule has 0 radical (unpaired) electrons.